The van der Waals surface area contributed by atoms with E-state index in [1.165, 1.54) is 6.33 Å². The predicted molar refractivity (Wildman–Crippen MR) is 75.8 cm³/mol. The maximum Gasteiger partial charge on any atom is 0.153 e. The van der Waals surface area contributed by atoms with Crippen molar-refractivity contribution < 1.29 is 0 Å². The van der Waals surface area contributed by atoms with Gasteiger partial charge in [-0.1, -0.05) is 30.4 Å². The molecule has 3 aromatic rings. The third-order valence-electron chi connectivity index (χ3n) is 2.95. The van der Waals surface area contributed by atoms with E-state index < -0.39 is 0 Å². The molecule has 6 heteroatoms. The third-order valence-corrected chi connectivity index (χ3v) is 3.26. The number of nitrogens with one attached hydrogen (secondary N) is 2. The van der Waals surface area contributed by atoms with Crippen LogP contribution in [0.2, 0.25) is 0 Å². The number of hydrogen-bond acceptors (Lipinski definition) is 4. The number of rotatable bonds is 1. The average molecular weight is 267 g/mol. The highest BCUT2D eigenvalue weighted by Gasteiger charge is 2.15. The Bertz CT molecular complexity index is 869. The summed E-state index contributed by atoms with van der Waals surface area (Å²) in [7, 11) is 0. The van der Waals surface area contributed by atoms with Gasteiger partial charge in [0.15, 0.2) is 4.64 Å². The van der Waals surface area contributed by atoms with Crippen molar-refractivity contribution in [3.8, 4) is 17.3 Å². The minimum Gasteiger partial charge on any atom is -0.398 e. The molecule has 19 heavy (non-hydrogen) atoms. The summed E-state index contributed by atoms with van der Waals surface area (Å²) in [5.74, 6) is 0. The molecule has 0 amide bonds. The SMILES string of the molecule is N#Cc1c(-c2ccccc2N)[nH]c2c(=S)nc[nH]c12. The predicted octanol–water partition coefficient (Wildman–Crippen LogP) is 2.74. The van der Waals surface area contributed by atoms with Crippen LogP contribution in [-0.2, 0) is 0 Å². The Morgan fingerprint density at radius 3 is 2.79 bits per heavy atom. The molecule has 0 fully saturated rings. The van der Waals surface area contributed by atoms with Crippen LogP contribution >= 0.6 is 12.2 Å². The fourth-order valence-corrected chi connectivity index (χ4v) is 2.27. The molecule has 2 heterocycles. The highest BCUT2D eigenvalue weighted by Crippen LogP contribution is 2.31. The number of aromatic amines is 2. The number of nitrogens with two attached hydrogens (primary N) is 1. The number of fused-ring (bicyclic) bond motifs is 1. The number of para-hydroxylation sites is 1. The van der Waals surface area contributed by atoms with Crippen LogP contribution in [0, 0.1) is 16.0 Å². The summed E-state index contributed by atoms with van der Waals surface area (Å²) in [4.78, 5) is 10.1. The topological polar surface area (TPSA) is 94.3 Å². The van der Waals surface area contributed by atoms with Crippen LogP contribution in [0.15, 0.2) is 30.6 Å². The van der Waals surface area contributed by atoms with Crippen molar-refractivity contribution in [2.75, 3.05) is 5.73 Å². The summed E-state index contributed by atoms with van der Waals surface area (Å²) in [6, 6.07) is 9.55. The van der Waals surface area contributed by atoms with Gasteiger partial charge in [-0.15, -0.1) is 0 Å². The molecule has 0 radical (unpaired) electrons. The Hall–Kier alpha value is -2.65. The monoisotopic (exact) mass is 267 g/mol. The van der Waals surface area contributed by atoms with Crippen LogP contribution < -0.4 is 5.73 Å². The molecular weight excluding hydrogens is 258 g/mol. The van der Waals surface area contributed by atoms with Crippen molar-refractivity contribution in [2.45, 2.75) is 0 Å². The average Bonchev–Trinajstić information content (AvgIpc) is 2.79. The number of anilines is 1. The normalized spacial score (nSPS) is 10.5. The minimum atomic E-state index is 0.422. The van der Waals surface area contributed by atoms with Gasteiger partial charge < -0.3 is 15.7 Å². The lowest BCUT2D eigenvalue weighted by Crippen LogP contribution is -1.90. The zero-order chi connectivity index (χ0) is 13.4. The Morgan fingerprint density at radius 2 is 2.05 bits per heavy atom. The molecule has 0 bridgehead atoms. The zero-order valence-electron chi connectivity index (χ0n) is 9.77. The first-order chi connectivity index (χ1) is 9.22. The maximum atomic E-state index is 9.36. The van der Waals surface area contributed by atoms with E-state index in [4.69, 9.17) is 18.0 Å². The van der Waals surface area contributed by atoms with Crippen molar-refractivity contribution in [1.29, 1.82) is 5.26 Å². The number of nitrogens with zero attached hydrogens (tertiary/aromatic N) is 2. The molecule has 0 unspecified atom stereocenters. The summed E-state index contributed by atoms with van der Waals surface area (Å²) in [6.45, 7) is 0. The molecule has 3 rings (SSSR count). The standard InChI is InChI=1S/C13H9N5S/c14-5-8-10(7-3-1-2-4-9(7)15)18-12-11(8)16-6-17-13(12)19/h1-4,6,18H,15H2,(H,16,17,19). The van der Waals surface area contributed by atoms with Crippen LogP contribution in [-0.4, -0.2) is 15.0 Å². The lowest BCUT2D eigenvalue weighted by Gasteiger charge is -2.02. The number of aromatic nitrogens is 3. The number of hydrogen-bond donors (Lipinski definition) is 3. The van der Waals surface area contributed by atoms with Crippen LogP contribution in [0.3, 0.4) is 0 Å². The lowest BCUT2D eigenvalue weighted by molar-refractivity contribution is 1.20. The summed E-state index contributed by atoms with van der Waals surface area (Å²) in [6.07, 6.45) is 1.48. The van der Waals surface area contributed by atoms with Crippen LogP contribution in [0.1, 0.15) is 5.56 Å². The smallest absolute Gasteiger partial charge is 0.153 e. The van der Waals surface area contributed by atoms with Crippen molar-refractivity contribution in [1.82, 2.24) is 15.0 Å². The number of nitrogen functional groups attached to an aromatic ring is 1. The first-order valence-electron chi connectivity index (χ1n) is 5.56. The molecule has 92 valence electrons. The molecule has 0 aliphatic heterocycles. The van der Waals surface area contributed by atoms with E-state index in [0.717, 1.165) is 5.56 Å². The van der Waals surface area contributed by atoms with Crippen molar-refractivity contribution >= 4 is 28.9 Å². The number of nitriles is 1. The molecule has 0 atom stereocenters. The van der Waals surface area contributed by atoms with Gasteiger partial charge in [0, 0.05) is 11.3 Å². The van der Waals surface area contributed by atoms with E-state index in [9.17, 15) is 5.26 Å². The second-order valence-electron chi connectivity index (χ2n) is 4.03. The Balaban J connectivity index is 2.44. The molecule has 5 nitrogen and oxygen atoms in total. The van der Waals surface area contributed by atoms with Gasteiger partial charge in [0.25, 0.3) is 0 Å². The van der Waals surface area contributed by atoms with Crippen LogP contribution in [0.5, 0.6) is 0 Å². The fourth-order valence-electron chi connectivity index (χ4n) is 2.06. The summed E-state index contributed by atoms with van der Waals surface area (Å²) < 4.78 is 0.422. The van der Waals surface area contributed by atoms with Gasteiger partial charge in [-0.05, 0) is 6.07 Å². The van der Waals surface area contributed by atoms with Crippen molar-refractivity contribution in [3.05, 3.63) is 40.8 Å². The molecule has 1 aromatic carbocycles. The van der Waals surface area contributed by atoms with E-state index >= 15 is 0 Å². The zero-order valence-corrected chi connectivity index (χ0v) is 10.6. The highest BCUT2D eigenvalue weighted by atomic mass is 32.1. The van der Waals surface area contributed by atoms with Gasteiger partial charge in [-0.25, -0.2) is 4.98 Å². The second kappa shape index (κ2) is 4.23. The Labute approximate surface area is 113 Å². The van der Waals surface area contributed by atoms with E-state index in [2.05, 4.69) is 21.0 Å². The van der Waals surface area contributed by atoms with Gasteiger partial charge in [0.05, 0.1) is 17.5 Å². The molecule has 0 aliphatic rings. The first kappa shape index (κ1) is 11.4. The van der Waals surface area contributed by atoms with Gasteiger partial charge >= 0.3 is 0 Å². The maximum absolute atomic E-state index is 9.36. The molecule has 4 N–H and O–H groups in total. The summed E-state index contributed by atoms with van der Waals surface area (Å²) in [5, 5.41) is 9.36. The lowest BCUT2D eigenvalue weighted by atomic mass is 10.1. The number of H-pyrrole nitrogens is 2. The van der Waals surface area contributed by atoms with Gasteiger partial charge in [-0.3, -0.25) is 0 Å². The Kier molecular flexibility index (Phi) is 2.54. The fraction of sp³-hybridized carbons (Fsp3) is 0. The summed E-state index contributed by atoms with van der Waals surface area (Å²) in [5.41, 5.74) is 9.78. The Morgan fingerprint density at radius 1 is 1.26 bits per heavy atom. The largest absolute Gasteiger partial charge is 0.398 e. The van der Waals surface area contributed by atoms with E-state index in [-0.39, 0.29) is 0 Å². The van der Waals surface area contributed by atoms with Gasteiger partial charge in [0.2, 0.25) is 0 Å². The van der Waals surface area contributed by atoms with E-state index in [0.29, 0.717) is 32.6 Å². The van der Waals surface area contributed by atoms with Crippen LogP contribution in [0.4, 0.5) is 5.69 Å². The van der Waals surface area contributed by atoms with E-state index in [1.54, 1.807) is 6.07 Å². The summed E-state index contributed by atoms with van der Waals surface area (Å²) >= 11 is 5.15. The molecule has 0 saturated heterocycles. The molecule has 0 spiro atoms. The van der Waals surface area contributed by atoms with Crippen LogP contribution in [0.25, 0.3) is 22.3 Å². The van der Waals surface area contributed by atoms with Gasteiger partial charge in [0.1, 0.15) is 17.1 Å². The molecule has 0 aliphatic carbocycles. The van der Waals surface area contributed by atoms with Crippen molar-refractivity contribution in [2.24, 2.45) is 0 Å². The first-order valence-corrected chi connectivity index (χ1v) is 5.97. The second-order valence-corrected chi connectivity index (χ2v) is 4.42. The third kappa shape index (κ3) is 1.68. The molecule has 0 saturated carbocycles. The quantitative estimate of drug-likeness (QED) is 0.466. The van der Waals surface area contributed by atoms with Crippen molar-refractivity contribution in [3.63, 3.8) is 0 Å². The minimum absolute atomic E-state index is 0.422. The van der Waals surface area contributed by atoms with E-state index in [1.807, 2.05) is 18.2 Å². The highest BCUT2D eigenvalue weighted by molar-refractivity contribution is 7.71. The van der Waals surface area contributed by atoms with Gasteiger partial charge in [-0.2, -0.15) is 5.26 Å². The molecular formula is C13H9N5S. The number of benzene rings is 1. The molecule has 2 aromatic heterocycles.